The molecule has 92 valence electrons. The fourth-order valence-electron chi connectivity index (χ4n) is 1.95. The standard InChI is InChI=1S/C13H13N3O2/c1-8-3-11-12(18-7-17-11)4-10(8)9-5-15-13(14-2)16-6-9/h3-6H,7H2,1-2H3,(H,14,15,16). The summed E-state index contributed by atoms with van der Waals surface area (Å²) in [5.74, 6) is 2.18. The molecule has 0 aliphatic carbocycles. The maximum absolute atomic E-state index is 5.39. The number of anilines is 1. The summed E-state index contributed by atoms with van der Waals surface area (Å²) < 4.78 is 10.7. The van der Waals surface area contributed by atoms with Crippen LogP contribution < -0.4 is 14.8 Å². The minimum Gasteiger partial charge on any atom is -0.454 e. The van der Waals surface area contributed by atoms with E-state index < -0.39 is 0 Å². The summed E-state index contributed by atoms with van der Waals surface area (Å²) in [6, 6.07) is 3.94. The van der Waals surface area contributed by atoms with Crippen molar-refractivity contribution in [2.45, 2.75) is 6.92 Å². The molecule has 0 saturated carbocycles. The van der Waals surface area contributed by atoms with Crippen LogP contribution in [0, 0.1) is 6.92 Å². The second-order valence-electron chi connectivity index (χ2n) is 4.07. The zero-order valence-corrected chi connectivity index (χ0v) is 10.2. The van der Waals surface area contributed by atoms with E-state index in [0.29, 0.717) is 5.95 Å². The first-order valence-corrected chi connectivity index (χ1v) is 5.68. The van der Waals surface area contributed by atoms with Gasteiger partial charge in [0.25, 0.3) is 0 Å². The number of fused-ring (bicyclic) bond motifs is 1. The molecule has 1 aromatic heterocycles. The molecule has 5 nitrogen and oxygen atoms in total. The number of aromatic nitrogens is 2. The van der Waals surface area contributed by atoms with Crippen molar-refractivity contribution >= 4 is 5.95 Å². The average Bonchev–Trinajstić information content (AvgIpc) is 2.85. The van der Waals surface area contributed by atoms with Gasteiger partial charge in [-0.2, -0.15) is 0 Å². The number of ether oxygens (including phenoxy) is 2. The van der Waals surface area contributed by atoms with E-state index in [-0.39, 0.29) is 6.79 Å². The quantitative estimate of drug-likeness (QED) is 0.876. The minimum atomic E-state index is 0.285. The van der Waals surface area contributed by atoms with E-state index >= 15 is 0 Å². The summed E-state index contributed by atoms with van der Waals surface area (Å²) >= 11 is 0. The van der Waals surface area contributed by atoms with Gasteiger partial charge in [0.05, 0.1) is 0 Å². The summed E-state index contributed by atoms with van der Waals surface area (Å²) in [5.41, 5.74) is 3.13. The Balaban J connectivity index is 2.05. The third-order valence-electron chi connectivity index (χ3n) is 2.91. The first-order chi connectivity index (χ1) is 8.78. The van der Waals surface area contributed by atoms with Crippen LogP contribution in [0.3, 0.4) is 0 Å². The lowest BCUT2D eigenvalue weighted by Crippen LogP contribution is -1.96. The molecule has 5 heteroatoms. The van der Waals surface area contributed by atoms with Gasteiger partial charge in [-0.25, -0.2) is 9.97 Å². The topological polar surface area (TPSA) is 56.3 Å². The number of aryl methyl sites for hydroxylation is 1. The van der Waals surface area contributed by atoms with Gasteiger partial charge in [0, 0.05) is 25.0 Å². The summed E-state index contributed by atoms with van der Waals surface area (Å²) in [4.78, 5) is 8.43. The molecule has 0 radical (unpaired) electrons. The largest absolute Gasteiger partial charge is 0.454 e. The van der Waals surface area contributed by atoms with Gasteiger partial charge in [0.15, 0.2) is 11.5 Å². The average molecular weight is 243 g/mol. The van der Waals surface area contributed by atoms with Crippen LogP contribution in [0.5, 0.6) is 11.5 Å². The summed E-state index contributed by atoms with van der Waals surface area (Å²) in [6.07, 6.45) is 3.59. The van der Waals surface area contributed by atoms with Crippen molar-refractivity contribution < 1.29 is 9.47 Å². The molecule has 1 aromatic carbocycles. The molecule has 3 rings (SSSR count). The second kappa shape index (κ2) is 4.18. The van der Waals surface area contributed by atoms with Crippen LogP contribution in [0.4, 0.5) is 5.95 Å². The van der Waals surface area contributed by atoms with E-state index in [9.17, 15) is 0 Å². The van der Waals surface area contributed by atoms with E-state index in [4.69, 9.17) is 9.47 Å². The van der Waals surface area contributed by atoms with Crippen molar-refractivity contribution in [2.24, 2.45) is 0 Å². The third-order valence-corrected chi connectivity index (χ3v) is 2.91. The molecule has 0 unspecified atom stereocenters. The van der Waals surface area contributed by atoms with E-state index in [1.54, 1.807) is 19.4 Å². The summed E-state index contributed by atoms with van der Waals surface area (Å²) in [7, 11) is 1.79. The molecule has 2 aromatic rings. The van der Waals surface area contributed by atoms with Gasteiger partial charge < -0.3 is 14.8 Å². The van der Waals surface area contributed by atoms with E-state index in [2.05, 4.69) is 15.3 Å². The third kappa shape index (κ3) is 1.73. The first-order valence-electron chi connectivity index (χ1n) is 5.68. The molecule has 1 aliphatic rings. The van der Waals surface area contributed by atoms with Crippen molar-refractivity contribution in [3.63, 3.8) is 0 Å². The lowest BCUT2D eigenvalue weighted by atomic mass is 10.0. The Kier molecular flexibility index (Phi) is 2.51. The Morgan fingerprint density at radius 2 is 1.78 bits per heavy atom. The zero-order chi connectivity index (χ0) is 12.5. The van der Waals surface area contributed by atoms with Gasteiger partial charge in [-0.1, -0.05) is 0 Å². The number of nitrogens with zero attached hydrogens (tertiary/aromatic N) is 2. The van der Waals surface area contributed by atoms with Crippen LogP contribution in [-0.4, -0.2) is 23.8 Å². The zero-order valence-electron chi connectivity index (χ0n) is 10.2. The number of benzene rings is 1. The molecule has 0 atom stereocenters. The molecule has 0 spiro atoms. The molecule has 0 bridgehead atoms. The molecular formula is C13H13N3O2. The maximum Gasteiger partial charge on any atom is 0.231 e. The minimum absolute atomic E-state index is 0.285. The molecule has 1 aliphatic heterocycles. The van der Waals surface area contributed by atoms with Gasteiger partial charge >= 0.3 is 0 Å². The van der Waals surface area contributed by atoms with Crippen molar-refractivity contribution in [3.8, 4) is 22.6 Å². The lowest BCUT2D eigenvalue weighted by molar-refractivity contribution is 0.174. The molecule has 0 saturated heterocycles. The number of hydrogen-bond acceptors (Lipinski definition) is 5. The highest BCUT2D eigenvalue weighted by atomic mass is 16.7. The van der Waals surface area contributed by atoms with Crippen LogP contribution in [0.2, 0.25) is 0 Å². The smallest absolute Gasteiger partial charge is 0.231 e. The molecule has 18 heavy (non-hydrogen) atoms. The molecule has 0 fully saturated rings. The van der Waals surface area contributed by atoms with E-state index in [0.717, 1.165) is 28.2 Å². The van der Waals surface area contributed by atoms with Gasteiger partial charge in [0.2, 0.25) is 12.7 Å². The van der Waals surface area contributed by atoms with Crippen molar-refractivity contribution in [3.05, 3.63) is 30.1 Å². The van der Waals surface area contributed by atoms with Crippen LogP contribution in [0.15, 0.2) is 24.5 Å². The highest BCUT2D eigenvalue weighted by Crippen LogP contribution is 2.38. The SMILES string of the molecule is CNc1ncc(-c2cc3c(cc2C)OCO3)cn1. The van der Waals surface area contributed by atoms with E-state index in [1.165, 1.54) is 0 Å². The van der Waals surface area contributed by atoms with Crippen LogP contribution in [0.1, 0.15) is 5.56 Å². The fourth-order valence-corrected chi connectivity index (χ4v) is 1.95. The predicted molar refractivity (Wildman–Crippen MR) is 67.9 cm³/mol. The second-order valence-corrected chi connectivity index (χ2v) is 4.07. The summed E-state index contributed by atoms with van der Waals surface area (Å²) in [6.45, 7) is 2.32. The molecule has 1 N–H and O–H groups in total. The molecular weight excluding hydrogens is 230 g/mol. The van der Waals surface area contributed by atoms with Gasteiger partial charge in [0.1, 0.15) is 0 Å². The van der Waals surface area contributed by atoms with Crippen LogP contribution >= 0.6 is 0 Å². The highest BCUT2D eigenvalue weighted by Gasteiger charge is 2.16. The molecule has 0 amide bonds. The fraction of sp³-hybridized carbons (Fsp3) is 0.231. The first kappa shape index (κ1) is 10.8. The monoisotopic (exact) mass is 243 g/mol. The predicted octanol–water partition coefficient (Wildman–Crippen LogP) is 2.22. The Labute approximate surface area is 105 Å². The van der Waals surface area contributed by atoms with Crippen LogP contribution in [-0.2, 0) is 0 Å². The normalized spacial score (nSPS) is 12.6. The Hall–Kier alpha value is -2.30. The highest BCUT2D eigenvalue weighted by molar-refractivity contribution is 5.70. The Bertz CT molecular complexity index is 582. The van der Waals surface area contributed by atoms with Gasteiger partial charge in [-0.3, -0.25) is 0 Å². The number of nitrogens with one attached hydrogen (secondary N) is 1. The van der Waals surface area contributed by atoms with Crippen molar-refractivity contribution in [2.75, 3.05) is 19.2 Å². The van der Waals surface area contributed by atoms with Crippen LogP contribution in [0.25, 0.3) is 11.1 Å². The van der Waals surface area contributed by atoms with Crippen molar-refractivity contribution in [1.29, 1.82) is 0 Å². The Morgan fingerprint density at radius 3 is 2.44 bits per heavy atom. The molecule has 2 heterocycles. The lowest BCUT2D eigenvalue weighted by Gasteiger charge is -2.07. The number of rotatable bonds is 2. The maximum atomic E-state index is 5.39. The number of hydrogen-bond donors (Lipinski definition) is 1. The summed E-state index contributed by atoms with van der Waals surface area (Å²) in [5, 5.41) is 2.90. The van der Waals surface area contributed by atoms with Crippen molar-refractivity contribution in [1.82, 2.24) is 9.97 Å². The Morgan fingerprint density at radius 1 is 1.11 bits per heavy atom. The van der Waals surface area contributed by atoms with Gasteiger partial charge in [-0.05, 0) is 30.2 Å². The van der Waals surface area contributed by atoms with Gasteiger partial charge in [-0.15, -0.1) is 0 Å². The van der Waals surface area contributed by atoms with E-state index in [1.807, 2.05) is 19.1 Å².